The van der Waals surface area contributed by atoms with Crippen molar-refractivity contribution in [1.82, 2.24) is 10.2 Å². The number of amides is 2. The van der Waals surface area contributed by atoms with Gasteiger partial charge in [-0.25, -0.2) is 0 Å². The van der Waals surface area contributed by atoms with Crippen LogP contribution in [0, 0.1) is 0 Å². The van der Waals surface area contributed by atoms with Gasteiger partial charge in [0.25, 0.3) is 5.91 Å². The van der Waals surface area contributed by atoms with Crippen LogP contribution < -0.4 is 10.1 Å². The molecule has 3 rings (SSSR count). The Morgan fingerprint density at radius 3 is 2.31 bits per heavy atom. The van der Waals surface area contributed by atoms with E-state index in [1.807, 2.05) is 48.5 Å². The number of carbonyl (C=O) groups is 2. The molecular formula is C28H30Cl2N2O3. The van der Waals surface area contributed by atoms with Crippen LogP contribution in [0.2, 0.25) is 10.0 Å². The zero-order chi connectivity index (χ0) is 25.0. The van der Waals surface area contributed by atoms with Crippen molar-refractivity contribution in [2.45, 2.75) is 38.8 Å². The van der Waals surface area contributed by atoms with Crippen molar-refractivity contribution in [2.75, 3.05) is 13.2 Å². The highest BCUT2D eigenvalue weighted by Crippen LogP contribution is 2.24. The Morgan fingerprint density at radius 1 is 0.971 bits per heavy atom. The average molecular weight is 513 g/mol. The monoisotopic (exact) mass is 512 g/mol. The van der Waals surface area contributed by atoms with Crippen LogP contribution in [-0.2, 0) is 22.6 Å². The van der Waals surface area contributed by atoms with Crippen LogP contribution in [0.15, 0.2) is 78.9 Å². The first-order valence-corrected chi connectivity index (χ1v) is 12.5. The van der Waals surface area contributed by atoms with E-state index in [2.05, 4.69) is 12.2 Å². The van der Waals surface area contributed by atoms with Gasteiger partial charge in [0.1, 0.15) is 11.8 Å². The summed E-state index contributed by atoms with van der Waals surface area (Å²) in [5.74, 6) is 0.0595. The summed E-state index contributed by atoms with van der Waals surface area (Å²) in [6, 6.07) is 23.2. The van der Waals surface area contributed by atoms with Crippen LogP contribution in [0.4, 0.5) is 0 Å². The third-order valence-corrected chi connectivity index (χ3v) is 6.15. The van der Waals surface area contributed by atoms with Crippen LogP contribution >= 0.6 is 23.2 Å². The normalized spacial score (nSPS) is 11.5. The summed E-state index contributed by atoms with van der Waals surface area (Å²) in [5.41, 5.74) is 1.65. The van der Waals surface area contributed by atoms with Crippen molar-refractivity contribution in [3.8, 4) is 5.75 Å². The zero-order valence-corrected chi connectivity index (χ0v) is 21.3. The van der Waals surface area contributed by atoms with Gasteiger partial charge in [-0.2, -0.15) is 0 Å². The fraction of sp³-hybridized carbons (Fsp3) is 0.286. The second-order valence-electron chi connectivity index (χ2n) is 8.21. The summed E-state index contributed by atoms with van der Waals surface area (Å²) < 4.78 is 5.74. The fourth-order valence-electron chi connectivity index (χ4n) is 3.64. The van der Waals surface area contributed by atoms with E-state index in [9.17, 15) is 9.59 Å². The first kappa shape index (κ1) is 26.6. The smallest absolute Gasteiger partial charge is 0.261 e. The lowest BCUT2D eigenvalue weighted by atomic mass is 10.0. The van der Waals surface area contributed by atoms with Crippen LogP contribution in [0.25, 0.3) is 0 Å². The van der Waals surface area contributed by atoms with Gasteiger partial charge in [0.05, 0.1) is 0 Å². The number of para-hydroxylation sites is 1. The molecule has 5 nitrogen and oxygen atoms in total. The molecular weight excluding hydrogens is 483 g/mol. The molecule has 184 valence electrons. The molecule has 7 heteroatoms. The van der Waals surface area contributed by atoms with Crippen molar-refractivity contribution in [3.63, 3.8) is 0 Å². The average Bonchev–Trinajstić information content (AvgIpc) is 2.87. The summed E-state index contributed by atoms with van der Waals surface area (Å²) >= 11 is 12.5. The Kier molecular flexibility index (Phi) is 10.5. The van der Waals surface area contributed by atoms with Gasteiger partial charge in [0.2, 0.25) is 5.91 Å². The molecule has 0 bridgehead atoms. The summed E-state index contributed by atoms with van der Waals surface area (Å²) in [6.07, 6.45) is 2.18. The molecule has 0 unspecified atom stereocenters. The summed E-state index contributed by atoms with van der Waals surface area (Å²) in [6.45, 7) is 2.55. The Morgan fingerprint density at radius 2 is 1.66 bits per heavy atom. The van der Waals surface area contributed by atoms with E-state index in [-0.39, 0.29) is 25.0 Å². The molecule has 0 saturated heterocycles. The minimum absolute atomic E-state index is 0.145. The van der Waals surface area contributed by atoms with Gasteiger partial charge in [-0.3, -0.25) is 9.59 Å². The van der Waals surface area contributed by atoms with Gasteiger partial charge in [-0.05, 0) is 41.8 Å². The van der Waals surface area contributed by atoms with Crippen molar-refractivity contribution in [1.29, 1.82) is 0 Å². The molecule has 3 aromatic rings. The summed E-state index contributed by atoms with van der Waals surface area (Å²) in [4.78, 5) is 28.4. The first-order valence-electron chi connectivity index (χ1n) is 11.7. The number of nitrogens with one attached hydrogen (secondary N) is 1. The lowest BCUT2D eigenvalue weighted by Gasteiger charge is -2.31. The highest BCUT2D eigenvalue weighted by molar-refractivity contribution is 6.35. The quantitative estimate of drug-likeness (QED) is 0.306. The SMILES string of the molecule is CCCCNC(=O)[C@@H](Cc1ccccc1)N(Cc1ccc(Cl)cc1Cl)C(=O)COc1ccccc1. The largest absolute Gasteiger partial charge is 0.484 e. The summed E-state index contributed by atoms with van der Waals surface area (Å²) in [5, 5.41) is 3.93. The van der Waals surface area contributed by atoms with E-state index >= 15 is 0 Å². The molecule has 0 aliphatic heterocycles. The van der Waals surface area contributed by atoms with Crippen molar-refractivity contribution in [3.05, 3.63) is 100 Å². The molecule has 2 amide bonds. The predicted octanol–water partition coefficient (Wildman–Crippen LogP) is 5.93. The number of ether oxygens (including phenoxy) is 1. The van der Waals surface area contributed by atoms with Gasteiger partial charge in [-0.15, -0.1) is 0 Å². The number of unbranched alkanes of at least 4 members (excludes halogenated alkanes) is 1. The number of nitrogens with zero attached hydrogens (tertiary/aromatic N) is 1. The van der Waals surface area contributed by atoms with Crippen molar-refractivity contribution < 1.29 is 14.3 Å². The number of hydrogen-bond acceptors (Lipinski definition) is 3. The third kappa shape index (κ3) is 8.30. The second-order valence-corrected chi connectivity index (χ2v) is 9.05. The highest BCUT2D eigenvalue weighted by atomic mass is 35.5. The number of benzene rings is 3. The Labute approximate surface area is 217 Å². The number of rotatable bonds is 12. The molecule has 0 radical (unpaired) electrons. The maximum Gasteiger partial charge on any atom is 0.261 e. The molecule has 0 aliphatic rings. The Balaban J connectivity index is 1.91. The molecule has 0 aliphatic carbocycles. The van der Waals surface area contributed by atoms with Gasteiger partial charge in [-0.1, -0.05) is 91.1 Å². The maximum absolute atomic E-state index is 13.5. The molecule has 0 saturated carbocycles. The highest BCUT2D eigenvalue weighted by Gasteiger charge is 2.31. The topological polar surface area (TPSA) is 58.6 Å². The molecule has 0 aromatic heterocycles. The minimum Gasteiger partial charge on any atom is -0.484 e. The molecule has 0 spiro atoms. The Bertz CT molecular complexity index is 1090. The minimum atomic E-state index is -0.743. The van der Waals surface area contributed by atoms with Gasteiger partial charge in [0.15, 0.2) is 6.61 Å². The van der Waals surface area contributed by atoms with E-state index in [0.717, 1.165) is 18.4 Å². The fourth-order valence-corrected chi connectivity index (χ4v) is 4.11. The van der Waals surface area contributed by atoms with Crippen molar-refractivity contribution >= 4 is 35.0 Å². The van der Waals surface area contributed by atoms with E-state index in [0.29, 0.717) is 34.3 Å². The molecule has 35 heavy (non-hydrogen) atoms. The standard InChI is InChI=1S/C28H30Cl2N2O3/c1-2-3-16-31-28(34)26(17-21-10-6-4-7-11-21)32(19-22-14-15-23(29)18-25(22)30)27(33)20-35-24-12-8-5-9-13-24/h4-15,18,26H,2-3,16-17,19-20H2,1H3,(H,31,34)/t26-/m1/s1. The summed E-state index contributed by atoms with van der Waals surface area (Å²) in [7, 11) is 0. The zero-order valence-electron chi connectivity index (χ0n) is 19.8. The van der Waals surface area contributed by atoms with E-state index in [4.69, 9.17) is 27.9 Å². The predicted molar refractivity (Wildman–Crippen MR) is 141 cm³/mol. The number of carbonyl (C=O) groups excluding carboxylic acids is 2. The van der Waals surface area contributed by atoms with Gasteiger partial charge >= 0.3 is 0 Å². The molecule has 1 atom stereocenters. The lowest BCUT2D eigenvalue weighted by molar-refractivity contribution is -0.142. The first-order chi connectivity index (χ1) is 17.0. The van der Waals surface area contributed by atoms with Crippen LogP contribution in [0.3, 0.4) is 0 Å². The molecule has 3 aromatic carbocycles. The van der Waals surface area contributed by atoms with Crippen LogP contribution in [0.1, 0.15) is 30.9 Å². The van der Waals surface area contributed by atoms with Crippen molar-refractivity contribution in [2.24, 2.45) is 0 Å². The number of halogens is 2. The lowest BCUT2D eigenvalue weighted by Crippen LogP contribution is -2.51. The van der Waals surface area contributed by atoms with Crippen LogP contribution in [-0.4, -0.2) is 35.9 Å². The molecule has 0 fully saturated rings. The third-order valence-electron chi connectivity index (χ3n) is 5.56. The van der Waals surface area contributed by atoms with E-state index in [1.165, 1.54) is 0 Å². The number of hydrogen-bond donors (Lipinski definition) is 1. The van der Waals surface area contributed by atoms with E-state index in [1.54, 1.807) is 35.2 Å². The van der Waals surface area contributed by atoms with E-state index < -0.39 is 6.04 Å². The Hall–Kier alpha value is -3.02. The van der Waals surface area contributed by atoms with Crippen LogP contribution in [0.5, 0.6) is 5.75 Å². The molecule has 1 N–H and O–H groups in total. The van der Waals surface area contributed by atoms with Gasteiger partial charge in [0, 0.05) is 29.6 Å². The van der Waals surface area contributed by atoms with Gasteiger partial charge < -0.3 is 15.0 Å². The second kappa shape index (κ2) is 13.8. The molecule has 0 heterocycles. The maximum atomic E-state index is 13.5.